The van der Waals surface area contributed by atoms with E-state index in [0.717, 1.165) is 30.2 Å². The van der Waals surface area contributed by atoms with Crippen LogP contribution < -0.4 is 16.0 Å². The zero-order chi connectivity index (χ0) is 16.2. The average molecular weight is 455 g/mol. The third-order valence-corrected chi connectivity index (χ3v) is 3.52. The van der Waals surface area contributed by atoms with Gasteiger partial charge in [0.25, 0.3) is 0 Å². The molecule has 0 spiro atoms. The molecule has 132 valence electrons. The summed E-state index contributed by atoms with van der Waals surface area (Å²) in [5.41, 5.74) is 1.07. The number of aryl methyl sites for hydroxylation is 1. The molecule has 0 bridgehead atoms. The summed E-state index contributed by atoms with van der Waals surface area (Å²) in [6.45, 7) is 6.54. The fourth-order valence-corrected chi connectivity index (χ4v) is 2.32. The van der Waals surface area contributed by atoms with Crippen molar-refractivity contribution in [3.8, 4) is 0 Å². The van der Waals surface area contributed by atoms with Gasteiger partial charge in [-0.05, 0) is 13.8 Å². The van der Waals surface area contributed by atoms with Crippen LogP contribution in [0.3, 0.4) is 0 Å². The zero-order valence-corrected chi connectivity index (χ0v) is 17.0. The first-order valence-corrected chi connectivity index (χ1v) is 8.22. The van der Waals surface area contributed by atoms with E-state index in [1.54, 1.807) is 18.4 Å². The summed E-state index contributed by atoms with van der Waals surface area (Å²) in [5.74, 6) is 0.515. The van der Waals surface area contributed by atoms with Gasteiger partial charge in [0.2, 0.25) is 5.91 Å². The predicted octanol–water partition coefficient (Wildman–Crippen LogP) is 0.930. The Balaban J connectivity index is 0.00000484. The number of ether oxygens (including phenoxy) is 1. The monoisotopic (exact) mass is 455 g/mol. The third kappa shape index (κ3) is 10.4. The first-order chi connectivity index (χ1) is 10.7. The first-order valence-electron chi connectivity index (χ1n) is 7.34. The maximum Gasteiger partial charge on any atom is 0.241 e. The lowest BCUT2D eigenvalue weighted by atomic mass is 10.3. The number of thiazole rings is 1. The molecule has 1 heterocycles. The number of amides is 1. The van der Waals surface area contributed by atoms with Crippen LogP contribution in [0.25, 0.3) is 0 Å². The summed E-state index contributed by atoms with van der Waals surface area (Å²) in [4.78, 5) is 20.3. The summed E-state index contributed by atoms with van der Waals surface area (Å²) >= 11 is 1.65. The number of nitrogens with zero attached hydrogens (tertiary/aromatic N) is 2. The molecule has 0 saturated carbocycles. The minimum Gasteiger partial charge on any atom is -0.383 e. The van der Waals surface area contributed by atoms with E-state index in [4.69, 9.17) is 4.74 Å². The number of halogens is 1. The number of aromatic nitrogens is 1. The van der Waals surface area contributed by atoms with Crippen molar-refractivity contribution in [2.75, 3.05) is 39.9 Å². The third-order valence-electron chi connectivity index (χ3n) is 2.69. The lowest BCUT2D eigenvalue weighted by Crippen LogP contribution is -2.39. The number of carbonyl (C=O) groups is 1. The SMILES string of the molecule is CCNC(=NCC(=O)NCCOC)NCCc1csc(C)n1.I. The second-order valence-corrected chi connectivity index (χ2v) is 5.63. The van der Waals surface area contributed by atoms with Gasteiger partial charge in [-0.2, -0.15) is 0 Å². The molecule has 0 saturated heterocycles. The number of nitrogens with one attached hydrogen (secondary N) is 3. The topological polar surface area (TPSA) is 87.6 Å². The van der Waals surface area contributed by atoms with E-state index >= 15 is 0 Å². The van der Waals surface area contributed by atoms with E-state index in [0.29, 0.717) is 19.1 Å². The maximum atomic E-state index is 11.6. The van der Waals surface area contributed by atoms with Gasteiger partial charge < -0.3 is 20.7 Å². The van der Waals surface area contributed by atoms with Crippen molar-refractivity contribution in [1.29, 1.82) is 0 Å². The molecule has 3 N–H and O–H groups in total. The Bertz CT molecular complexity index is 481. The van der Waals surface area contributed by atoms with Gasteiger partial charge in [0.05, 0.1) is 17.3 Å². The highest BCUT2D eigenvalue weighted by molar-refractivity contribution is 14.0. The van der Waals surface area contributed by atoms with Crippen LogP contribution in [0.1, 0.15) is 17.6 Å². The van der Waals surface area contributed by atoms with E-state index < -0.39 is 0 Å². The fourth-order valence-electron chi connectivity index (χ4n) is 1.67. The summed E-state index contributed by atoms with van der Waals surface area (Å²) < 4.78 is 4.87. The molecule has 0 fully saturated rings. The molecule has 0 unspecified atom stereocenters. The van der Waals surface area contributed by atoms with Crippen molar-refractivity contribution in [1.82, 2.24) is 20.9 Å². The first kappa shape index (κ1) is 22.1. The number of aliphatic imine (C=N–C) groups is 1. The van der Waals surface area contributed by atoms with Crippen LogP contribution in [-0.4, -0.2) is 56.7 Å². The molecule has 1 aromatic rings. The molecular formula is C14H26IN5O2S. The largest absolute Gasteiger partial charge is 0.383 e. The van der Waals surface area contributed by atoms with Crippen molar-refractivity contribution >= 4 is 47.2 Å². The quantitative estimate of drug-likeness (QED) is 0.223. The van der Waals surface area contributed by atoms with E-state index in [2.05, 4.69) is 31.3 Å². The smallest absolute Gasteiger partial charge is 0.241 e. The summed E-state index contributed by atoms with van der Waals surface area (Å²) in [6.07, 6.45) is 0.828. The second-order valence-electron chi connectivity index (χ2n) is 4.57. The number of carbonyl (C=O) groups excluding carboxylic acids is 1. The van der Waals surface area contributed by atoms with Crippen LogP contribution in [0, 0.1) is 6.92 Å². The Hall–Kier alpha value is -0.940. The molecule has 0 aromatic carbocycles. The van der Waals surface area contributed by atoms with Gasteiger partial charge in [-0.25, -0.2) is 9.98 Å². The van der Waals surface area contributed by atoms with Crippen LogP contribution in [-0.2, 0) is 16.0 Å². The lowest BCUT2D eigenvalue weighted by Gasteiger charge is -2.10. The van der Waals surface area contributed by atoms with E-state index in [1.165, 1.54) is 0 Å². The van der Waals surface area contributed by atoms with Gasteiger partial charge in [-0.15, -0.1) is 35.3 Å². The highest BCUT2D eigenvalue weighted by Gasteiger charge is 2.03. The molecule has 1 aromatic heterocycles. The minimum absolute atomic E-state index is 0. The maximum absolute atomic E-state index is 11.6. The lowest BCUT2D eigenvalue weighted by molar-refractivity contribution is -0.119. The Kier molecular flexibility index (Phi) is 12.9. The van der Waals surface area contributed by atoms with E-state index in [1.807, 2.05) is 13.8 Å². The average Bonchev–Trinajstić information content (AvgIpc) is 2.90. The standard InChI is InChI=1S/C14H25N5O2S.HI/c1-4-15-14(18-9-13(20)16-7-8-21-3)17-6-5-12-10-22-11(2)19-12;/h10H,4-9H2,1-3H3,(H,16,20)(H2,15,17,18);1H. The molecule has 0 aliphatic rings. The van der Waals surface area contributed by atoms with Gasteiger partial charge in [0.1, 0.15) is 6.54 Å². The molecule has 0 aliphatic carbocycles. The normalized spacial score (nSPS) is 10.8. The molecule has 7 nitrogen and oxygen atoms in total. The summed E-state index contributed by atoms with van der Waals surface area (Å²) in [7, 11) is 1.60. The Labute approximate surface area is 158 Å². The van der Waals surface area contributed by atoms with Crippen molar-refractivity contribution in [2.24, 2.45) is 4.99 Å². The summed E-state index contributed by atoms with van der Waals surface area (Å²) in [5, 5.41) is 12.2. The van der Waals surface area contributed by atoms with Gasteiger partial charge in [0, 0.05) is 38.5 Å². The number of hydrogen-bond donors (Lipinski definition) is 3. The van der Waals surface area contributed by atoms with Crippen LogP contribution in [0.2, 0.25) is 0 Å². The fraction of sp³-hybridized carbons (Fsp3) is 0.643. The zero-order valence-electron chi connectivity index (χ0n) is 13.8. The number of hydrogen-bond acceptors (Lipinski definition) is 5. The van der Waals surface area contributed by atoms with E-state index in [9.17, 15) is 4.79 Å². The highest BCUT2D eigenvalue weighted by atomic mass is 127. The van der Waals surface area contributed by atoms with Crippen molar-refractivity contribution < 1.29 is 9.53 Å². The van der Waals surface area contributed by atoms with Crippen molar-refractivity contribution in [3.63, 3.8) is 0 Å². The van der Waals surface area contributed by atoms with Crippen molar-refractivity contribution in [3.05, 3.63) is 16.1 Å². The van der Waals surface area contributed by atoms with Crippen molar-refractivity contribution in [2.45, 2.75) is 20.3 Å². The minimum atomic E-state index is -0.121. The predicted molar refractivity (Wildman–Crippen MR) is 105 cm³/mol. The van der Waals surface area contributed by atoms with Crippen LogP contribution in [0.5, 0.6) is 0 Å². The van der Waals surface area contributed by atoms with Crippen LogP contribution in [0.4, 0.5) is 0 Å². The summed E-state index contributed by atoms with van der Waals surface area (Å²) in [6, 6.07) is 0. The molecule has 1 amide bonds. The van der Waals surface area contributed by atoms with Crippen LogP contribution >= 0.6 is 35.3 Å². The Morgan fingerprint density at radius 1 is 1.35 bits per heavy atom. The Morgan fingerprint density at radius 3 is 2.74 bits per heavy atom. The molecular weight excluding hydrogens is 429 g/mol. The molecule has 0 atom stereocenters. The van der Waals surface area contributed by atoms with Crippen LogP contribution in [0.15, 0.2) is 10.4 Å². The second kappa shape index (κ2) is 13.5. The number of methoxy groups -OCH3 is 1. The van der Waals surface area contributed by atoms with E-state index in [-0.39, 0.29) is 36.4 Å². The van der Waals surface area contributed by atoms with Gasteiger partial charge in [-0.1, -0.05) is 0 Å². The highest BCUT2D eigenvalue weighted by Crippen LogP contribution is 2.07. The van der Waals surface area contributed by atoms with Gasteiger partial charge in [0.15, 0.2) is 5.96 Å². The molecule has 9 heteroatoms. The van der Waals surface area contributed by atoms with Gasteiger partial charge in [-0.3, -0.25) is 4.79 Å². The van der Waals surface area contributed by atoms with Gasteiger partial charge >= 0.3 is 0 Å². The number of guanidine groups is 1. The molecule has 1 rings (SSSR count). The molecule has 0 radical (unpaired) electrons. The Morgan fingerprint density at radius 2 is 2.13 bits per heavy atom. The molecule has 23 heavy (non-hydrogen) atoms. The number of rotatable bonds is 9. The molecule has 0 aliphatic heterocycles.